The zero-order chi connectivity index (χ0) is 16.1. The highest BCUT2D eigenvalue weighted by Crippen LogP contribution is 2.24. The van der Waals surface area contributed by atoms with Crippen LogP contribution in [0.5, 0.6) is 0 Å². The van der Waals surface area contributed by atoms with Gasteiger partial charge >= 0.3 is 12.0 Å². The molecule has 0 radical (unpaired) electrons. The molecule has 116 valence electrons. The van der Waals surface area contributed by atoms with Crippen LogP contribution < -0.4 is 5.32 Å². The van der Waals surface area contributed by atoms with E-state index in [9.17, 15) is 14.4 Å². The van der Waals surface area contributed by atoms with E-state index in [2.05, 4.69) is 5.32 Å². The Balaban J connectivity index is 4.47. The van der Waals surface area contributed by atoms with Crippen LogP contribution in [0.25, 0.3) is 0 Å². The molecule has 0 aliphatic rings. The Kier molecular flexibility index (Phi) is 6.68. The molecule has 0 aromatic carbocycles. The second kappa shape index (κ2) is 7.26. The van der Waals surface area contributed by atoms with Crippen LogP contribution in [0.15, 0.2) is 0 Å². The highest BCUT2D eigenvalue weighted by Gasteiger charge is 2.27. The highest BCUT2D eigenvalue weighted by molar-refractivity contribution is 5.94. The first kappa shape index (κ1) is 18.4. The molecule has 0 heterocycles. The number of carbonyl (C=O) groups is 3. The van der Waals surface area contributed by atoms with Crippen molar-refractivity contribution in [3.63, 3.8) is 0 Å². The molecule has 0 aromatic rings. The third-order valence-corrected chi connectivity index (χ3v) is 3.41. The Hall–Kier alpha value is -1.59. The Bertz CT molecular complexity index is 377. The molecule has 2 N–H and O–H groups in total. The lowest BCUT2D eigenvalue weighted by molar-refractivity contribution is -0.139. The number of aliphatic carboxylic acids is 1. The molecule has 0 spiro atoms. The second-order valence-electron chi connectivity index (χ2n) is 6.36. The number of hydrogen-bond acceptors (Lipinski definition) is 3. The van der Waals surface area contributed by atoms with Gasteiger partial charge in [-0.15, -0.1) is 0 Å². The summed E-state index contributed by atoms with van der Waals surface area (Å²) in [6.07, 6.45) is -0.123. The van der Waals surface area contributed by atoms with E-state index in [-0.39, 0.29) is 24.8 Å². The van der Waals surface area contributed by atoms with Crippen LogP contribution in [0.4, 0.5) is 4.79 Å². The van der Waals surface area contributed by atoms with Crippen LogP contribution in [-0.4, -0.2) is 41.0 Å². The van der Waals surface area contributed by atoms with Gasteiger partial charge in [0.1, 0.15) is 0 Å². The van der Waals surface area contributed by atoms with Gasteiger partial charge in [0.15, 0.2) is 0 Å². The fraction of sp³-hybridized carbons (Fsp3) is 0.786. The van der Waals surface area contributed by atoms with Gasteiger partial charge in [0, 0.05) is 19.5 Å². The summed E-state index contributed by atoms with van der Waals surface area (Å²) in [7, 11) is 1.63. The Morgan fingerprint density at radius 2 is 1.65 bits per heavy atom. The SMILES string of the molecule is CC(C)C(C)N(C)C(=O)NC(=O)CC(C)(C)CC(=O)O. The number of carboxylic acid groups (broad SMARTS) is 1. The minimum atomic E-state index is -0.959. The molecule has 0 saturated heterocycles. The topological polar surface area (TPSA) is 86.7 Å². The average Bonchev–Trinajstić information content (AvgIpc) is 2.23. The minimum Gasteiger partial charge on any atom is -0.481 e. The van der Waals surface area contributed by atoms with Crippen LogP contribution in [0.2, 0.25) is 0 Å². The lowest BCUT2D eigenvalue weighted by atomic mass is 9.85. The van der Waals surface area contributed by atoms with Crippen molar-refractivity contribution in [2.75, 3.05) is 7.05 Å². The smallest absolute Gasteiger partial charge is 0.324 e. The third-order valence-electron chi connectivity index (χ3n) is 3.41. The maximum Gasteiger partial charge on any atom is 0.324 e. The van der Waals surface area contributed by atoms with Crippen LogP contribution in [-0.2, 0) is 9.59 Å². The number of nitrogens with zero attached hydrogens (tertiary/aromatic N) is 1. The molecule has 6 heteroatoms. The van der Waals surface area contributed by atoms with Crippen molar-refractivity contribution in [1.29, 1.82) is 0 Å². The van der Waals surface area contributed by atoms with Gasteiger partial charge in [-0.25, -0.2) is 4.79 Å². The Morgan fingerprint density at radius 1 is 1.15 bits per heavy atom. The van der Waals surface area contributed by atoms with Crippen LogP contribution in [0.3, 0.4) is 0 Å². The van der Waals surface area contributed by atoms with Gasteiger partial charge in [0.05, 0.1) is 6.42 Å². The van der Waals surface area contributed by atoms with Gasteiger partial charge in [0.2, 0.25) is 5.91 Å². The van der Waals surface area contributed by atoms with Gasteiger partial charge in [0.25, 0.3) is 0 Å². The first-order valence-corrected chi connectivity index (χ1v) is 6.74. The quantitative estimate of drug-likeness (QED) is 0.782. The molecule has 0 bridgehead atoms. The second-order valence-corrected chi connectivity index (χ2v) is 6.36. The molecule has 0 aromatic heterocycles. The molecule has 1 atom stereocenters. The molecule has 20 heavy (non-hydrogen) atoms. The molecule has 0 saturated carbocycles. The van der Waals surface area contributed by atoms with Crippen molar-refractivity contribution < 1.29 is 19.5 Å². The molecule has 6 nitrogen and oxygen atoms in total. The summed E-state index contributed by atoms with van der Waals surface area (Å²) in [4.78, 5) is 35.8. The van der Waals surface area contributed by atoms with Crippen molar-refractivity contribution in [2.24, 2.45) is 11.3 Å². The molecular weight excluding hydrogens is 260 g/mol. The Morgan fingerprint density at radius 3 is 2.05 bits per heavy atom. The predicted octanol–water partition coefficient (Wildman–Crippen LogP) is 2.09. The van der Waals surface area contributed by atoms with Gasteiger partial charge in [-0.1, -0.05) is 27.7 Å². The van der Waals surface area contributed by atoms with Crippen molar-refractivity contribution in [3.05, 3.63) is 0 Å². The summed E-state index contributed by atoms with van der Waals surface area (Å²) in [6.45, 7) is 9.26. The molecule has 1 unspecified atom stereocenters. The van der Waals surface area contributed by atoms with E-state index in [1.54, 1.807) is 20.9 Å². The highest BCUT2D eigenvalue weighted by atomic mass is 16.4. The molecular formula is C14H26N2O4. The van der Waals surface area contributed by atoms with Gasteiger partial charge in [-0.2, -0.15) is 0 Å². The molecule has 0 aliphatic carbocycles. The van der Waals surface area contributed by atoms with E-state index in [1.165, 1.54) is 4.90 Å². The number of nitrogens with one attached hydrogen (secondary N) is 1. The predicted molar refractivity (Wildman–Crippen MR) is 76.3 cm³/mol. The summed E-state index contributed by atoms with van der Waals surface area (Å²) in [5.41, 5.74) is -0.682. The van der Waals surface area contributed by atoms with E-state index < -0.39 is 23.3 Å². The number of hydrogen-bond donors (Lipinski definition) is 2. The molecule has 0 rings (SSSR count). The summed E-state index contributed by atoms with van der Waals surface area (Å²) in [5, 5.41) is 11.1. The summed E-state index contributed by atoms with van der Waals surface area (Å²) < 4.78 is 0. The third kappa shape index (κ3) is 6.54. The minimum absolute atomic E-state index is 0.00502. The first-order valence-electron chi connectivity index (χ1n) is 6.74. The number of carboxylic acids is 1. The van der Waals surface area contributed by atoms with Crippen molar-refractivity contribution in [3.8, 4) is 0 Å². The van der Waals surface area contributed by atoms with Crippen LogP contribution >= 0.6 is 0 Å². The van der Waals surface area contributed by atoms with Crippen LogP contribution in [0.1, 0.15) is 47.5 Å². The maximum atomic E-state index is 11.9. The first-order chi connectivity index (χ1) is 8.96. The van der Waals surface area contributed by atoms with Crippen molar-refractivity contribution >= 4 is 17.9 Å². The standard InChI is InChI=1S/C14H26N2O4/c1-9(2)10(3)16(6)13(20)15-11(17)7-14(4,5)8-12(18)19/h9-10H,7-8H2,1-6H3,(H,18,19)(H,15,17,20). The van der Waals surface area contributed by atoms with Crippen LogP contribution in [0, 0.1) is 11.3 Å². The molecule has 3 amide bonds. The molecule has 0 fully saturated rings. The summed E-state index contributed by atoms with van der Waals surface area (Å²) in [5.74, 6) is -1.13. The lowest BCUT2D eigenvalue weighted by Crippen LogP contribution is -2.47. The van der Waals surface area contributed by atoms with Gasteiger partial charge in [-0.05, 0) is 18.3 Å². The average molecular weight is 286 g/mol. The van der Waals surface area contributed by atoms with Gasteiger partial charge in [-0.3, -0.25) is 14.9 Å². The van der Waals surface area contributed by atoms with Gasteiger partial charge < -0.3 is 10.0 Å². The van der Waals surface area contributed by atoms with E-state index in [0.29, 0.717) is 0 Å². The fourth-order valence-electron chi connectivity index (χ4n) is 1.79. The van der Waals surface area contributed by atoms with E-state index >= 15 is 0 Å². The summed E-state index contributed by atoms with van der Waals surface area (Å²) in [6, 6.07) is -0.447. The maximum absolute atomic E-state index is 11.9. The van der Waals surface area contributed by atoms with E-state index in [1.807, 2.05) is 20.8 Å². The number of rotatable bonds is 6. The largest absolute Gasteiger partial charge is 0.481 e. The number of amides is 3. The lowest BCUT2D eigenvalue weighted by Gasteiger charge is -2.28. The van der Waals surface area contributed by atoms with Crippen molar-refractivity contribution in [1.82, 2.24) is 10.2 Å². The number of imide groups is 1. The Labute approximate surface area is 120 Å². The number of carbonyl (C=O) groups excluding carboxylic acids is 2. The fourth-order valence-corrected chi connectivity index (χ4v) is 1.79. The van der Waals surface area contributed by atoms with E-state index in [4.69, 9.17) is 5.11 Å². The zero-order valence-corrected chi connectivity index (χ0v) is 13.2. The zero-order valence-electron chi connectivity index (χ0n) is 13.2. The molecule has 0 aliphatic heterocycles. The normalized spacial score (nSPS) is 12.9. The monoisotopic (exact) mass is 286 g/mol. The number of urea groups is 1. The van der Waals surface area contributed by atoms with E-state index in [0.717, 1.165) is 0 Å². The summed E-state index contributed by atoms with van der Waals surface area (Å²) >= 11 is 0. The van der Waals surface area contributed by atoms with Crippen molar-refractivity contribution in [2.45, 2.75) is 53.5 Å².